The largest absolute Gasteiger partial charge is 0.0979 e. The summed E-state index contributed by atoms with van der Waals surface area (Å²) in [7, 11) is 0. The Kier molecular flexibility index (Phi) is 2.87. The number of hydrogen-bond acceptors (Lipinski definition) is 0. The molecule has 3 rings (SSSR count). The van der Waals surface area contributed by atoms with E-state index in [4.69, 9.17) is 0 Å². The fourth-order valence-electron chi connectivity index (χ4n) is 2.95. The summed E-state index contributed by atoms with van der Waals surface area (Å²) >= 11 is 3.63. The van der Waals surface area contributed by atoms with Crippen LogP contribution in [0, 0.1) is 5.92 Å². The van der Waals surface area contributed by atoms with Crippen LogP contribution in [-0.2, 0) is 0 Å². The Morgan fingerprint density at radius 3 is 2.67 bits per heavy atom. The standard InChI is InChI=1S/C17H15Br/c1-3-15(18)14-10-9-13-6-4-5-12-8-7-11(2)16(14)17(12)13/h3-11,16H,1H2,2H3/b15-14+. The van der Waals surface area contributed by atoms with E-state index in [2.05, 4.69) is 71.9 Å². The number of allylic oxidation sites excluding steroid dienone is 5. The molecule has 2 atom stereocenters. The Balaban J connectivity index is 2.29. The summed E-state index contributed by atoms with van der Waals surface area (Å²) in [6.45, 7) is 6.15. The third kappa shape index (κ3) is 1.65. The van der Waals surface area contributed by atoms with Gasteiger partial charge in [0.1, 0.15) is 0 Å². The minimum absolute atomic E-state index is 0.443. The summed E-state index contributed by atoms with van der Waals surface area (Å²) in [6.07, 6.45) is 10.9. The van der Waals surface area contributed by atoms with Gasteiger partial charge in [-0.05, 0) is 28.2 Å². The molecular formula is C17H15Br. The zero-order valence-corrected chi connectivity index (χ0v) is 11.9. The molecule has 1 heteroatoms. The Morgan fingerprint density at radius 2 is 1.94 bits per heavy atom. The lowest BCUT2D eigenvalue weighted by Gasteiger charge is -2.33. The molecule has 0 amide bonds. The highest BCUT2D eigenvalue weighted by atomic mass is 79.9. The highest BCUT2D eigenvalue weighted by molar-refractivity contribution is 9.11. The Hall–Kier alpha value is -1.34. The first-order valence-corrected chi connectivity index (χ1v) is 7.03. The van der Waals surface area contributed by atoms with Crippen molar-refractivity contribution in [1.29, 1.82) is 0 Å². The van der Waals surface area contributed by atoms with E-state index in [9.17, 15) is 0 Å². The number of halogens is 1. The van der Waals surface area contributed by atoms with Gasteiger partial charge in [0, 0.05) is 10.4 Å². The smallest absolute Gasteiger partial charge is 0.0207 e. The first-order valence-electron chi connectivity index (χ1n) is 6.23. The molecule has 0 radical (unpaired) electrons. The molecular weight excluding hydrogens is 284 g/mol. The lowest BCUT2D eigenvalue weighted by Crippen LogP contribution is -2.18. The molecule has 2 unspecified atom stereocenters. The van der Waals surface area contributed by atoms with Crippen LogP contribution in [0.2, 0.25) is 0 Å². The molecule has 2 aliphatic carbocycles. The zero-order valence-electron chi connectivity index (χ0n) is 10.4. The number of rotatable bonds is 1. The minimum Gasteiger partial charge on any atom is -0.0979 e. The summed E-state index contributed by atoms with van der Waals surface area (Å²) in [5, 5.41) is 0. The second kappa shape index (κ2) is 4.40. The first kappa shape index (κ1) is 11.7. The maximum atomic E-state index is 3.87. The van der Waals surface area contributed by atoms with Crippen LogP contribution in [0.5, 0.6) is 0 Å². The summed E-state index contributed by atoms with van der Waals surface area (Å²) < 4.78 is 1.10. The SMILES string of the molecule is C=C/C(Br)=C1/C=Cc2cccc3c2C1C(C)C=C3. The van der Waals surface area contributed by atoms with E-state index < -0.39 is 0 Å². The molecule has 0 bridgehead atoms. The van der Waals surface area contributed by atoms with Crippen LogP contribution >= 0.6 is 15.9 Å². The quantitative estimate of drug-likeness (QED) is 0.660. The second-order valence-electron chi connectivity index (χ2n) is 4.89. The van der Waals surface area contributed by atoms with E-state index in [1.807, 2.05) is 6.08 Å². The summed E-state index contributed by atoms with van der Waals surface area (Å²) in [5.74, 6) is 0.963. The molecule has 0 aliphatic heterocycles. The zero-order chi connectivity index (χ0) is 12.7. The lowest BCUT2D eigenvalue weighted by molar-refractivity contribution is 0.613. The van der Waals surface area contributed by atoms with Crippen LogP contribution in [0.15, 0.2) is 53.1 Å². The fourth-order valence-corrected chi connectivity index (χ4v) is 3.33. The van der Waals surface area contributed by atoms with Gasteiger partial charge in [-0.15, -0.1) is 0 Å². The van der Waals surface area contributed by atoms with Gasteiger partial charge in [0.25, 0.3) is 0 Å². The Bertz CT molecular complexity index is 602. The van der Waals surface area contributed by atoms with Gasteiger partial charge in [0.2, 0.25) is 0 Å². The number of benzene rings is 1. The third-order valence-corrected chi connectivity index (χ3v) is 4.60. The van der Waals surface area contributed by atoms with Gasteiger partial charge in [-0.25, -0.2) is 0 Å². The molecule has 0 fully saturated rings. The van der Waals surface area contributed by atoms with Crippen molar-refractivity contribution in [1.82, 2.24) is 0 Å². The summed E-state index contributed by atoms with van der Waals surface area (Å²) in [5.41, 5.74) is 5.49. The maximum absolute atomic E-state index is 3.87. The monoisotopic (exact) mass is 298 g/mol. The highest BCUT2D eigenvalue weighted by Gasteiger charge is 2.30. The lowest BCUT2D eigenvalue weighted by atomic mass is 9.71. The van der Waals surface area contributed by atoms with Gasteiger partial charge >= 0.3 is 0 Å². The van der Waals surface area contributed by atoms with Crippen molar-refractivity contribution in [3.05, 3.63) is 69.8 Å². The second-order valence-corrected chi connectivity index (χ2v) is 5.74. The molecule has 0 heterocycles. The van der Waals surface area contributed by atoms with Crippen molar-refractivity contribution in [3.63, 3.8) is 0 Å². The van der Waals surface area contributed by atoms with E-state index in [-0.39, 0.29) is 0 Å². The van der Waals surface area contributed by atoms with Crippen molar-refractivity contribution in [2.45, 2.75) is 12.8 Å². The van der Waals surface area contributed by atoms with Gasteiger partial charge in [-0.1, -0.05) is 78.0 Å². The van der Waals surface area contributed by atoms with Crippen molar-refractivity contribution >= 4 is 28.1 Å². The van der Waals surface area contributed by atoms with Gasteiger partial charge in [0.05, 0.1) is 0 Å². The molecule has 1 aromatic rings. The molecule has 0 saturated carbocycles. The average Bonchev–Trinajstić information content (AvgIpc) is 2.42. The molecule has 0 spiro atoms. The van der Waals surface area contributed by atoms with Gasteiger partial charge in [0.15, 0.2) is 0 Å². The summed E-state index contributed by atoms with van der Waals surface area (Å²) in [4.78, 5) is 0. The molecule has 0 saturated heterocycles. The summed E-state index contributed by atoms with van der Waals surface area (Å²) in [6, 6.07) is 6.53. The van der Waals surface area contributed by atoms with Crippen LogP contribution in [-0.4, -0.2) is 0 Å². The van der Waals surface area contributed by atoms with Gasteiger partial charge in [-0.2, -0.15) is 0 Å². The molecule has 90 valence electrons. The normalized spacial score (nSPS) is 26.8. The fraction of sp³-hybridized carbons (Fsp3) is 0.176. The molecule has 0 aromatic heterocycles. The van der Waals surface area contributed by atoms with Crippen LogP contribution < -0.4 is 0 Å². The predicted octanol–water partition coefficient (Wildman–Crippen LogP) is 5.29. The minimum atomic E-state index is 0.443. The van der Waals surface area contributed by atoms with E-state index in [1.165, 1.54) is 22.3 Å². The van der Waals surface area contributed by atoms with Crippen molar-refractivity contribution in [3.8, 4) is 0 Å². The average molecular weight is 299 g/mol. The van der Waals surface area contributed by atoms with E-state index >= 15 is 0 Å². The van der Waals surface area contributed by atoms with Crippen LogP contribution in [0.3, 0.4) is 0 Å². The Morgan fingerprint density at radius 1 is 1.22 bits per heavy atom. The van der Waals surface area contributed by atoms with Crippen LogP contribution in [0.1, 0.15) is 29.5 Å². The van der Waals surface area contributed by atoms with Crippen molar-refractivity contribution in [2.24, 2.45) is 5.92 Å². The molecule has 2 aliphatic rings. The van der Waals surface area contributed by atoms with E-state index in [1.54, 1.807) is 0 Å². The molecule has 1 aromatic carbocycles. The third-order valence-electron chi connectivity index (χ3n) is 3.82. The molecule has 0 N–H and O–H groups in total. The van der Waals surface area contributed by atoms with E-state index in [0.717, 1.165) is 4.48 Å². The topological polar surface area (TPSA) is 0 Å². The molecule has 18 heavy (non-hydrogen) atoms. The van der Waals surface area contributed by atoms with Crippen LogP contribution in [0.25, 0.3) is 12.2 Å². The van der Waals surface area contributed by atoms with Crippen LogP contribution in [0.4, 0.5) is 0 Å². The predicted molar refractivity (Wildman–Crippen MR) is 82.6 cm³/mol. The van der Waals surface area contributed by atoms with Gasteiger partial charge < -0.3 is 0 Å². The van der Waals surface area contributed by atoms with Crippen molar-refractivity contribution in [2.75, 3.05) is 0 Å². The van der Waals surface area contributed by atoms with Gasteiger partial charge in [-0.3, -0.25) is 0 Å². The van der Waals surface area contributed by atoms with E-state index in [0.29, 0.717) is 11.8 Å². The first-order chi connectivity index (χ1) is 8.72. The molecule has 0 nitrogen and oxygen atoms in total. The maximum Gasteiger partial charge on any atom is 0.0207 e. The Labute approximate surface area is 117 Å². The number of hydrogen-bond donors (Lipinski definition) is 0. The van der Waals surface area contributed by atoms with Crippen molar-refractivity contribution < 1.29 is 0 Å². The highest BCUT2D eigenvalue weighted by Crippen LogP contribution is 2.46.